The molecule has 0 radical (unpaired) electrons. The standard InChI is InChI=1S/C21H17FN4O2/c1-12-23-16-11-13(9-10-19(16)28-12)24-21(27)20-14-5-4-8-17(14)26(25-20)18-7-3-2-6-15(18)22/h2-3,6-7,9-11H,4-5,8H2,1H3,(H,24,27). The molecule has 5 rings (SSSR count). The lowest BCUT2D eigenvalue weighted by Crippen LogP contribution is -2.15. The van der Waals surface area contributed by atoms with Gasteiger partial charge < -0.3 is 9.73 Å². The van der Waals surface area contributed by atoms with E-state index in [0.29, 0.717) is 34.1 Å². The minimum Gasteiger partial charge on any atom is -0.441 e. The van der Waals surface area contributed by atoms with Gasteiger partial charge in [0.25, 0.3) is 5.91 Å². The molecular formula is C21H17FN4O2. The van der Waals surface area contributed by atoms with E-state index in [1.54, 1.807) is 48.0 Å². The summed E-state index contributed by atoms with van der Waals surface area (Å²) in [5.41, 5.74) is 4.44. The summed E-state index contributed by atoms with van der Waals surface area (Å²) in [6.45, 7) is 1.77. The van der Waals surface area contributed by atoms with E-state index in [1.165, 1.54) is 6.07 Å². The van der Waals surface area contributed by atoms with Crippen molar-refractivity contribution in [3.05, 3.63) is 71.1 Å². The summed E-state index contributed by atoms with van der Waals surface area (Å²) >= 11 is 0. The van der Waals surface area contributed by atoms with Gasteiger partial charge in [0.05, 0.1) is 0 Å². The maximum absolute atomic E-state index is 14.3. The number of carbonyl (C=O) groups is 1. The Balaban J connectivity index is 1.51. The highest BCUT2D eigenvalue weighted by Gasteiger charge is 2.27. The van der Waals surface area contributed by atoms with Crippen molar-refractivity contribution in [1.82, 2.24) is 14.8 Å². The van der Waals surface area contributed by atoms with Crippen LogP contribution >= 0.6 is 0 Å². The second-order valence-corrected chi connectivity index (χ2v) is 6.86. The molecule has 7 heteroatoms. The highest BCUT2D eigenvalue weighted by atomic mass is 19.1. The summed E-state index contributed by atoms with van der Waals surface area (Å²) in [7, 11) is 0. The van der Waals surface area contributed by atoms with Gasteiger partial charge in [0.1, 0.15) is 17.0 Å². The van der Waals surface area contributed by atoms with Crippen LogP contribution in [0, 0.1) is 12.7 Å². The maximum atomic E-state index is 14.3. The van der Waals surface area contributed by atoms with Crippen molar-refractivity contribution in [3.8, 4) is 5.69 Å². The Kier molecular flexibility index (Phi) is 3.75. The Morgan fingerprint density at radius 3 is 2.93 bits per heavy atom. The first kappa shape index (κ1) is 16.7. The van der Waals surface area contributed by atoms with Gasteiger partial charge in [0, 0.05) is 23.9 Å². The van der Waals surface area contributed by atoms with Crippen LogP contribution in [0.2, 0.25) is 0 Å². The molecule has 6 nitrogen and oxygen atoms in total. The lowest BCUT2D eigenvalue weighted by Gasteiger charge is -2.06. The van der Waals surface area contributed by atoms with Gasteiger partial charge in [-0.1, -0.05) is 12.1 Å². The van der Waals surface area contributed by atoms with Gasteiger partial charge in [0.2, 0.25) is 0 Å². The van der Waals surface area contributed by atoms with Crippen molar-refractivity contribution >= 4 is 22.7 Å². The molecule has 0 aliphatic heterocycles. The molecule has 2 heterocycles. The largest absolute Gasteiger partial charge is 0.441 e. The number of rotatable bonds is 3. The minimum absolute atomic E-state index is 0.312. The predicted octanol–water partition coefficient (Wildman–Crippen LogP) is 4.20. The van der Waals surface area contributed by atoms with Gasteiger partial charge in [-0.3, -0.25) is 4.79 Å². The normalized spacial score (nSPS) is 13.1. The summed E-state index contributed by atoms with van der Waals surface area (Å²) in [5, 5.41) is 7.33. The Hall–Kier alpha value is -3.48. The van der Waals surface area contributed by atoms with Gasteiger partial charge in [-0.05, 0) is 49.6 Å². The Bertz CT molecular complexity index is 1220. The molecule has 2 aromatic heterocycles. The minimum atomic E-state index is -0.362. The lowest BCUT2D eigenvalue weighted by molar-refractivity contribution is 0.102. The van der Waals surface area contributed by atoms with Gasteiger partial charge in [-0.15, -0.1) is 0 Å². The second-order valence-electron chi connectivity index (χ2n) is 6.86. The first-order valence-electron chi connectivity index (χ1n) is 9.14. The fraction of sp³-hybridized carbons (Fsp3) is 0.190. The van der Waals surface area contributed by atoms with Gasteiger partial charge in [-0.25, -0.2) is 14.1 Å². The van der Waals surface area contributed by atoms with Crippen molar-refractivity contribution in [1.29, 1.82) is 0 Å². The number of anilines is 1. The number of para-hydroxylation sites is 1. The summed E-state index contributed by atoms with van der Waals surface area (Å²) in [5.74, 6) is -0.105. The van der Waals surface area contributed by atoms with Crippen molar-refractivity contribution in [2.24, 2.45) is 0 Å². The predicted molar refractivity (Wildman–Crippen MR) is 102 cm³/mol. The number of nitrogens with zero attached hydrogens (tertiary/aromatic N) is 3. The van der Waals surface area contributed by atoms with E-state index in [0.717, 1.165) is 30.5 Å². The zero-order valence-electron chi connectivity index (χ0n) is 15.2. The Morgan fingerprint density at radius 1 is 1.21 bits per heavy atom. The molecule has 1 aliphatic rings. The van der Waals surface area contributed by atoms with E-state index in [2.05, 4.69) is 15.4 Å². The third-order valence-electron chi connectivity index (χ3n) is 4.98. The maximum Gasteiger partial charge on any atom is 0.276 e. The van der Waals surface area contributed by atoms with Crippen LogP contribution in [0.3, 0.4) is 0 Å². The van der Waals surface area contributed by atoms with E-state index >= 15 is 0 Å². The van der Waals surface area contributed by atoms with Crippen LogP contribution in [0.5, 0.6) is 0 Å². The van der Waals surface area contributed by atoms with Crippen LogP contribution in [-0.4, -0.2) is 20.7 Å². The summed E-state index contributed by atoms with van der Waals surface area (Å²) in [6.07, 6.45) is 2.45. The lowest BCUT2D eigenvalue weighted by atomic mass is 10.2. The molecule has 2 aromatic carbocycles. The first-order chi connectivity index (χ1) is 13.6. The molecule has 140 valence electrons. The summed E-state index contributed by atoms with van der Waals surface area (Å²) in [4.78, 5) is 17.2. The van der Waals surface area contributed by atoms with E-state index in [4.69, 9.17) is 4.42 Å². The monoisotopic (exact) mass is 376 g/mol. The third-order valence-corrected chi connectivity index (χ3v) is 4.98. The SMILES string of the molecule is Cc1nc2cc(NC(=O)c3nn(-c4ccccc4F)c4c3CCC4)ccc2o1. The van der Waals surface area contributed by atoms with E-state index in [1.807, 2.05) is 0 Å². The highest BCUT2D eigenvalue weighted by Crippen LogP contribution is 2.29. The van der Waals surface area contributed by atoms with Crippen LogP contribution in [0.25, 0.3) is 16.8 Å². The molecule has 0 saturated heterocycles. The van der Waals surface area contributed by atoms with E-state index in [-0.39, 0.29) is 11.7 Å². The fourth-order valence-corrected chi connectivity index (χ4v) is 3.75. The molecule has 1 amide bonds. The molecule has 1 aliphatic carbocycles. The van der Waals surface area contributed by atoms with Crippen molar-refractivity contribution in [2.45, 2.75) is 26.2 Å². The molecule has 0 unspecified atom stereocenters. The number of hydrogen-bond acceptors (Lipinski definition) is 4. The van der Waals surface area contributed by atoms with Crippen molar-refractivity contribution < 1.29 is 13.6 Å². The molecule has 0 saturated carbocycles. The molecule has 0 spiro atoms. The average molecular weight is 376 g/mol. The van der Waals surface area contributed by atoms with E-state index < -0.39 is 0 Å². The first-order valence-corrected chi connectivity index (χ1v) is 9.14. The molecular weight excluding hydrogens is 359 g/mol. The average Bonchev–Trinajstić information content (AvgIpc) is 3.36. The van der Waals surface area contributed by atoms with Crippen LogP contribution in [0.4, 0.5) is 10.1 Å². The quantitative estimate of drug-likeness (QED) is 0.582. The van der Waals surface area contributed by atoms with Crippen LogP contribution in [0.15, 0.2) is 46.9 Å². The van der Waals surface area contributed by atoms with Gasteiger partial charge in [0.15, 0.2) is 17.2 Å². The number of oxazole rings is 1. The molecule has 1 N–H and O–H groups in total. The Morgan fingerprint density at radius 2 is 2.07 bits per heavy atom. The molecule has 4 aromatic rings. The van der Waals surface area contributed by atoms with Crippen LogP contribution < -0.4 is 5.32 Å². The van der Waals surface area contributed by atoms with E-state index in [9.17, 15) is 9.18 Å². The van der Waals surface area contributed by atoms with Gasteiger partial charge >= 0.3 is 0 Å². The number of fused-ring (bicyclic) bond motifs is 2. The smallest absolute Gasteiger partial charge is 0.276 e. The summed E-state index contributed by atoms with van der Waals surface area (Å²) in [6, 6.07) is 11.8. The Labute approximate surface area is 160 Å². The van der Waals surface area contributed by atoms with Crippen LogP contribution in [-0.2, 0) is 12.8 Å². The van der Waals surface area contributed by atoms with Gasteiger partial charge in [-0.2, -0.15) is 5.10 Å². The third kappa shape index (κ3) is 2.67. The number of aryl methyl sites for hydroxylation is 1. The number of carbonyl (C=O) groups excluding carboxylic acids is 1. The number of hydrogen-bond donors (Lipinski definition) is 1. The van der Waals surface area contributed by atoms with Crippen LogP contribution in [0.1, 0.15) is 34.1 Å². The zero-order chi connectivity index (χ0) is 19.3. The molecule has 0 fully saturated rings. The second kappa shape index (κ2) is 6.30. The number of nitrogens with one attached hydrogen (secondary N) is 1. The fourth-order valence-electron chi connectivity index (χ4n) is 3.75. The molecule has 28 heavy (non-hydrogen) atoms. The number of amides is 1. The summed E-state index contributed by atoms with van der Waals surface area (Å²) < 4.78 is 21.3. The highest BCUT2D eigenvalue weighted by molar-refractivity contribution is 6.04. The van der Waals surface area contributed by atoms with Crippen molar-refractivity contribution in [3.63, 3.8) is 0 Å². The van der Waals surface area contributed by atoms with Crippen molar-refractivity contribution in [2.75, 3.05) is 5.32 Å². The topological polar surface area (TPSA) is 73.0 Å². The number of aromatic nitrogens is 3. The molecule has 0 bridgehead atoms. The zero-order valence-corrected chi connectivity index (χ0v) is 15.2. The number of halogens is 1. The number of benzene rings is 2. The molecule has 0 atom stereocenters.